The summed E-state index contributed by atoms with van der Waals surface area (Å²) in [6.07, 6.45) is -1.03. The Kier molecular flexibility index (Phi) is 5.78. The fraction of sp³-hybridized carbons (Fsp3) is 0.185. The average Bonchev–Trinajstić information content (AvgIpc) is 3.30. The maximum atomic E-state index is 13.5. The van der Waals surface area contributed by atoms with E-state index in [0.29, 0.717) is 45.2 Å². The summed E-state index contributed by atoms with van der Waals surface area (Å²) in [6, 6.07) is 19.3. The topological polar surface area (TPSA) is 96.2 Å². The SMILES string of the molecule is COc1ccc(NC(=O)[C@H]2Oc3c(c(=O)oc4ccccc34)[C@@H]2c2ccc(OC)c(OC)c2)cc1. The van der Waals surface area contributed by atoms with E-state index < -0.39 is 23.6 Å². The van der Waals surface area contributed by atoms with Gasteiger partial charge in [0.15, 0.2) is 17.6 Å². The number of anilines is 1. The monoisotopic (exact) mass is 473 g/mol. The van der Waals surface area contributed by atoms with Crippen molar-refractivity contribution >= 4 is 22.6 Å². The van der Waals surface area contributed by atoms with E-state index in [9.17, 15) is 9.59 Å². The Morgan fingerprint density at radius 2 is 1.63 bits per heavy atom. The molecule has 1 aliphatic rings. The van der Waals surface area contributed by atoms with Crippen LogP contribution in [0.2, 0.25) is 0 Å². The number of amides is 1. The van der Waals surface area contributed by atoms with Gasteiger partial charge in [-0.25, -0.2) is 4.79 Å². The largest absolute Gasteiger partial charge is 0.497 e. The third kappa shape index (κ3) is 3.93. The lowest BCUT2D eigenvalue weighted by Gasteiger charge is -2.20. The van der Waals surface area contributed by atoms with Crippen molar-refractivity contribution in [3.8, 4) is 23.0 Å². The van der Waals surface area contributed by atoms with Gasteiger partial charge >= 0.3 is 5.63 Å². The van der Waals surface area contributed by atoms with E-state index in [2.05, 4.69) is 5.32 Å². The molecule has 3 aromatic carbocycles. The summed E-state index contributed by atoms with van der Waals surface area (Å²) in [5.74, 6) is 0.864. The molecule has 2 atom stereocenters. The summed E-state index contributed by atoms with van der Waals surface area (Å²) < 4.78 is 27.8. The number of hydrogen-bond acceptors (Lipinski definition) is 7. The van der Waals surface area contributed by atoms with E-state index in [1.807, 2.05) is 6.07 Å². The number of ether oxygens (including phenoxy) is 4. The first kappa shape index (κ1) is 22.3. The molecule has 4 aromatic rings. The number of benzene rings is 3. The lowest BCUT2D eigenvalue weighted by atomic mass is 9.88. The minimum Gasteiger partial charge on any atom is -0.497 e. The highest BCUT2D eigenvalue weighted by molar-refractivity contribution is 5.97. The lowest BCUT2D eigenvalue weighted by Crippen LogP contribution is -2.35. The van der Waals surface area contributed by atoms with Gasteiger partial charge in [0.2, 0.25) is 0 Å². The molecule has 0 spiro atoms. The molecule has 8 nitrogen and oxygen atoms in total. The van der Waals surface area contributed by atoms with Gasteiger partial charge in [0, 0.05) is 5.69 Å². The second kappa shape index (κ2) is 9.06. The maximum absolute atomic E-state index is 13.5. The molecule has 8 heteroatoms. The van der Waals surface area contributed by atoms with E-state index in [0.717, 1.165) is 0 Å². The number of rotatable bonds is 6. The molecule has 35 heavy (non-hydrogen) atoms. The Morgan fingerprint density at radius 1 is 0.886 bits per heavy atom. The van der Waals surface area contributed by atoms with Crippen molar-refractivity contribution in [3.63, 3.8) is 0 Å². The minimum atomic E-state index is -1.03. The van der Waals surface area contributed by atoms with Crippen molar-refractivity contribution in [2.45, 2.75) is 12.0 Å². The van der Waals surface area contributed by atoms with Crippen molar-refractivity contribution in [2.24, 2.45) is 0 Å². The quantitative estimate of drug-likeness (QED) is 0.416. The van der Waals surface area contributed by atoms with Crippen LogP contribution in [0.25, 0.3) is 11.0 Å². The Balaban J connectivity index is 1.62. The van der Waals surface area contributed by atoms with Crippen molar-refractivity contribution in [2.75, 3.05) is 26.6 Å². The number of nitrogens with one attached hydrogen (secondary N) is 1. The zero-order valence-corrected chi connectivity index (χ0v) is 19.4. The molecule has 178 valence electrons. The summed E-state index contributed by atoms with van der Waals surface area (Å²) >= 11 is 0. The first-order valence-electron chi connectivity index (χ1n) is 10.9. The van der Waals surface area contributed by atoms with Crippen LogP contribution in [0.15, 0.2) is 75.9 Å². The molecule has 0 fully saturated rings. The van der Waals surface area contributed by atoms with E-state index in [1.165, 1.54) is 14.2 Å². The van der Waals surface area contributed by atoms with Gasteiger partial charge in [0.1, 0.15) is 17.1 Å². The van der Waals surface area contributed by atoms with Crippen molar-refractivity contribution in [3.05, 3.63) is 88.3 Å². The van der Waals surface area contributed by atoms with Gasteiger partial charge in [0.25, 0.3) is 5.91 Å². The molecule has 0 saturated heterocycles. The maximum Gasteiger partial charge on any atom is 0.344 e. The van der Waals surface area contributed by atoms with Gasteiger partial charge in [-0.15, -0.1) is 0 Å². The van der Waals surface area contributed by atoms with Gasteiger partial charge in [-0.05, 0) is 54.1 Å². The summed E-state index contributed by atoms with van der Waals surface area (Å²) in [7, 11) is 4.63. The van der Waals surface area contributed by atoms with Crippen molar-refractivity contribution in [1.29, 1.82) is 0 Å². The predicted octanol–water partition coefficient (Wildman–Crippen LogP) is 4.35. The van der Waals surface area contributed by atoms with Crippen LogP contribution in [0, 0.1) is 0 Å². The molecule has 0 bridgehead atoms. The van der Waals surface area contributed by atoms with Crippen LogP contribution in [0.3, 0.4) is 0 Å². The van der Waals surface area contributed by atoms with Gasteiger partial charge in [-0.2, -0.15) is 0 Å². The van der Waals surface area contributed by atoms with Gasteiger partial charge in [0.05, 0.1) is 38.2 Å². The van der Waals surface area contributed by atoms with E-state index >= 15 is 0 Å². The second-order valence-corrected chi connectivity index (χ2v) is 7.98. The molecule has 1 aliphatic heterocycles. The molecule has 0 unspecified atom stereocenters. The van der Waals surface area contributed by atoms with Crippen LogP contribution in [0.5, 0.6) is 23.0 Å². The van der Waals surface area contributed by atoms with Gasteiger partial charge in [-0.3, -0.25) is 4.79 Å². The molecule has 0 aliphatic carbocycles. The summed E-state index contributed by atoms with van der Waals surface area (Å²) in [6.45, 7) is 0. The molecule has 2 heterocycles. The number of fused-ring (bicyclic) bond motifs is 3. The molecule has 0 radical (unpaired) electrons. The molecule has 5 rings (SSSR count). The van der Waals surface area contributed by atoms with Crippen molar-refractivity contribution in [1.82, 2.24) is 0 Å². The van der Waals surface area contributed by atoms with Crippen LogP contribution in [-0.4, -0.2) is 33.3 Å². The third-order valence-electron chi connectivity index (χ3n) is 6.04. The van der Waals surface area contributed by atoms with Crippen LogP contribution in [0.1, 0.15) is 17.0 Å². The lowest BCUT2D eigenvalue weighted by molar-refractivity contribution is -0.122. The van der Waals surface area contributed by atoms with Gasteiger partial charge in [-0.1, -0.05) is 18.2 Å². The molecule has 1 aromatic heterocycles. The van der Waals surface area contributed by atoms with E-state index in [1.54, 1.807) is 67.8 Å². The standard InChI is InChI=1S/C27H23NO7/c1-31-17-11-9-16(10-12-17)28-26(29)25-22(15-8-13-20(32-2)21(14-15)33-3)23-24(35-25)18-6-4-5-7-19(18)34-27(23)30/h4-14,22,25H,1-3H3,(H,28,29)/t22-,25-/m0/s1. The minimum absolute atomic E-state index is 0.283. The molecular formula is C27H23NO7. The molecular weight excluding hydrogens is 450 g/mol. The summed E-state index contributed by atoms with van der Waals surface area (Å²) in [4.78, 5) is 26.6. The highest BCUT2D eigenvalue weighted by atomic mass is 16.5. The zero-order chi connectivity index (χ0) is 24.5. The van der Waals surface area contributed by atoms with Crippen LogP contribution < -0.4 is 29.9 Å². The highest BCUT2D eigenvalue weighted by Gasteiger charge is 2.44. The van der Waals surface area contributed by atoms with E-state index in [4.69, 9.17) is 23.4 Å². The molecule has 0 saturated carbocycles. The number of hydrogen-bond donors (Lipinski definition) is 1. The summed E-state index contributed by atoms with van der Waals surface area (Å²) in [5.41, 5.74) is 1.33. The van der Waals surface area contributed by atoms with Gasteiger partial charge < -0.3 is 28.7 Å². The number of carbonyl (C=O) groups excluding carboxylic acids is 1. The Morgan fingerprint density at radius 3 is 2.34 bits per heavy atom. The Hall–Kier alpha value is -4.46. The number of carbonyl (C=O) groups is 1. The summed E-state index contributed by atoms with van der Waals surface area (Å²) in [5, 5.41) is 3.50. The molecule has 1 N–H and O–H groups in total. The Labute approximate surface area is 201 Å². The predicted molar refractivity (Wildman–Crippen MR) is 130 cm³/mol. The zero-order valence-electron chi connectivity index (χ0n) is 19.4. The Bertz CT molecular complexity index is 1460. The fourth-order valence-corrected chi connectivity index (χ4v) is 4.36. The van der Waals surface area contributed by atoms with Crippen LogP contribution in [0.4, 0.5) is 5.69 Å². The first-order chi connectivity index (χ1) is 17.0. The fourth-order valence-electron chi connectivity index (χ4n) is 4.36. The average molecular weight is 473 g/mol. The smallest absolute Gasteiger partial charge is 0.344 e. The number of methoxy groups -OCH3 is 3. The van der Waals surface area contributed by atoms with Crippen molar-refractivity contribution < 1.29 is 28.2 Å². The normalized spacial score (nSPS) is 16.3. The third-order valence-corrected chi connectivity index (χ3v) is 6.04. The molecule has 1 amide bonds. The van der Waals surface area contributed by atoms with Crippen LogP contribution >= 0.6 is 0 Å². The first-order valence-corrected chi connectivity index (χ1v) is 10.9. The number of para-hydroxylation sites is 1. The highest BCUT2D eigenvalue weighted by Crippen LogP contribution is 2.46. The second-order valence-electron chi connectivity index (χ2n) is 7.98. The van der Waals surface area contributed by atoms with Crippen LogP contribution in [-0.2, 0) is 4.79 Å². The van der Waals surface area contributed by atoms with E-state index in [-0.39, 0.29) is 5.56 Å².